The van der Waals surface area contributed by atoms with Crippen LogP contribution in [0, 0.1) is 0 Å². The van der Waals surface area contributed by atoms with Gasteiger partial charge >= 0.3 is 0 Å². The molecule has 20 heavy (non-hydrogen) atoms. The van der Waals surface area contributed by atoms with Gasteiger partial charge in [0.2, 0.25) is 0 Å². The van der Waals surface area contributed by atoms with Crippen LogP contribution in [-0.4, -0.2) is 12.5 Å². The Balaban J connectivity index is 1.97. The van der Waals surface area contributed by atoms with Gasteiger partial charge in [0, 0.05) is 0 Å². The van der Waals surface area contributed by atoms with Gasteiger partial charge in [0.25, 0.3) is 0 Å². The first-order valence-corrected chi connectivity index (χ1v) is 10.3. The number of fused-ring (bicyclic) bond motifs is 1. The molecule has 2 aromatic carbocycles. The first-order valence-electron chi connectivity index (χ1n) is 6.19. The van der Waals surface area contributed by atoms with E-state index in [9.17, 15) is 0 Å². The van der Waals surface area contributed by atoms with Gasteiger partial charge in [0.15, 0.2) is 0 Å². The fourth-order valence-corrected chi connectivity index (χ4v) is 7.02. The van der Waals surface area contributed by atoms with Gasteiger partial charge in [0.1, 0.15) is 0 Å². The highest BCUT2D eigenvalue weighted by Crippen LogP contribution is 2.56. The lowest BCUT2D eigenvalue weighted by molar-refractivity contribution is 1.71. The maximum atomic E-state index is 2.32. The summed E-state index contributed by atoms with van der Waals surface area (Å²) in [5, 5.41) is 2.63. The van der Waals surface area contributed by atoms with Crippen molar-refractivity contribution in [2.24, 2.45) is 0 Å². The highest BCUT2D eigenvalue weighted by atomic mass is 32.3. The number of hydrogen-bond acceptors (Lipinski definition) is 4. The molecule has 0 unspecified atom stereocenters. The van der Waals surface area contributed by atoms with Crippen LogP contribution in [0.4, 0.5) is 0 Å². The third kappa shape index (κ3) is 2.93. The van der Waals surface area contributed by atoms with E-state index in [4.69, 9.17) is 0 Å². The Morgan fingerprint density at radius 3 is 2.20 bits per heavy atom. The normalized spacial score (nSPS) is 15.2. The van der Waals surface area contributed by atoms with Crippen molar-refractivity contribution in [2.75, 3.05) is 12.5 Å². The molecule has 2 aromatic rings. The maximum absolute atomic E-state index is 2.32. The van der Waals surface area contributed by atoms with Gasteiger partial charge < -0.3 is 0 Å². The first kappa shape index (κ1) is 14.5. The lowest BCUT2D eigenvalue weighted by Gasteiger charge is -2.03. The quantitative estimate of drug-likeness (QED) is 0.630. The average molecular weight is 335 g/mol. The van der Waals surface area contributed by atoms with E-state index >= 15 is 0 Å². The summed E-state index contributed by atoms with van der Waals surface area (Å²) in [4.78, 5) is 0. The molecule has 3 rings (SSSR count). The second-order valence-electron chi connectivity index (χ2n) is 4.22. The second-order valence-corrected chi connectivity index (χ2v) is 8.73. The van der Waals surface area contributed by atoms with Gasteiger partial charge in [-0.1, -0.05) is 66.0 Å². The average Bonchev–Trinajstić information content (AvgIpc) is 2.90. The van der Waals surface area contributed by atoms with Gasteiger partial charge in [-0.05, 0) is 34.9 Å². The van der Waals surface area contributed by atoms with Gasteiger partial charge in [-0.3, -0.25) is 0 Å². The minimum atomic E-state index is 1.30. The smallest absolute Gasteiger partial charge is 0.0657 e. The van der Waals surface area contributed by atoms with E-state index < -0.39 is 0 Å². The van der Waals surface area contributed by atoms with E-state index in [2.05, 4.69) is 61.1 Å². The van der Waals surface area contributed by atoms with Crippen molar-refractivity contribution in [3.8, 4) is 0 Å². The van der Waals surface area contributed by atoms with Crippen molar-refractivity contribution in [1.82, 2.24) is 0 Å². The molecule has 0 saturated carbocycles. The van der Waals surface area contributed by atoms with Gasteiger partial charge in [-0.15, -0.1) is 23.5 Å². The number of benzene rings is 2. The second kappa shape index (κ2) is 6.56. The summed E-state index contributed by atoms with van der Waals surface area (Å²) in [5.74, 6) is 0. The van der Waals surface area contributed by atoms with E-state index in [1.165, 1.54) is 29.0 Å². The zero-order valence-electron chi connectivity index (χ0n) is 11.3. The van der Waals surface area contributed by atoms with Crippen LogP contribution in [-0.2, 0) is 0 Å². The third-order valence-corrected chi connectivity index (χ3v) is 8.10. The topological polar surface area (TPSA) is 0 Å². The molecule has 1 aliphatic heterocycles. The molecule has 0 atom stereocenters. The molecule has 0 amide bonds. The van der Waals surface area contributed by atoms with E-state index in [-0.39, 0.29) is 0 Å². The summed E-state index contributed by atoms with van der Waals surface area (Å²) in [7, 11) is 0. The van der Waals surface area contributed by atoms with Crippen LogP contribution in [0.25, 0.3) is 16.8 Å². The fraction of sp³-hybridized carbons (Fsp3) is 0.125. The zero-order valence-corrected chi connectivity index (χ0v) is 14.5. The Morgan fingerprint density at radius 2 is 1.50 bits per heavy atom. The molecule has 1 aliphatic rings. The molecule has 0 fully saturated rings. The molecule has 0 nitrogen and oxygen atoms in total. The van der Waals surface area contributed by atoms with Crippen LogP contribution in [0.5, 0.6) is 0 Å². The summed E-state index contributed by atoms with van der Waals surface area (Å²) in [5.41, 5.74) is 1.31. The predicted molar refractivity (Wildman–Crippen MR) is 101 cm³/mol. The van der Waals surface area contributed by atoms with Crippen LogP contribution < -0.4 is 0 Å². The van der Waals surface area contributed by atoms with Crippen LogP contribution in [0.1, 0.15) is 5.56 Å². The SMILES string of the molecule is CSC1=C(SC)SC(=Cc2cccc3ccccc23)S1. The fourth-order valence-electron chi connectivity index (χ4n) is 2.10. The molecular weight excluding hydrogens is 320 g/mol. The van der Waals surface area contributed by atoms with Crippen LogP contribution in [0.2, 0.25) is 0 Å². The van der Waals surface area contributed by atoms with Gasteiger partial charge in [-0.2, -0.15) is 0 Å². The van der Waals surface area contributed by atoms with Crippen molar-refractivity contribution in [3.05, 3.63) is 60.7 Å². The number of hydrogen-bond donors (Lipinski definition) is 0. The van der Waals surface area contributed by atoms with Crippen LogP contribution in [0.3, 0.4) is 0 Å². The molecule has 0 aromatic heterocycles. The standard InChI is InChI=1S/C16H14S4/c1-17-15-16(18-2)20-14(19-15)10-12-8-5-7-11-6-3-4-9-13(11)12/h3-10H,1-2H3. The highest BCUT2D eigenvalue weighted by Gasteiger charge is 2.19. The molecule has 0 aliphatic carbocycles. The number of rotatable bonds is 3. The summed E-state index contributed by atoms with van der Waals surface area (Å²) in [6.07, 6.45) is 6.62. The summed E-state index contributed by atoms with van der Waals surface area (Å²) in [6, 6.07) is 15.1. The molecule has 1 heterocycles. The van der Waals surface area contributed by atoms with E-state index in [0.29, 0.717) is 0 Å². The van der Waals surface area contributed by atoms with Crippen molar-refractivity contribution in [3.63, 3.8) is 0 Å². The monoisotopic (exact) mass is 334 g/mol. The highest BCUT2D eigenvalue weighted by molar-refractivity contribution is 8.40. The molecule has 0 bridgehead atoms. The lowest BCUT2D eigenvalue weighted by atomic mass is 10.1. The maximum Gasteiger partial charge on any atom is 0.0657 e. The Hall–Kier alpha value is -0.420. The molecule has 0 N–H and O–H groups in total. The molecule has 0 spiro atoms. The lowest BCUT2D eigenvalue weighted by Crippen LogP contribution is -1.78. The van der Waals surface area contributed by atoms with E-state index in [0.717, 1.165) is 0 Å². The van der Waals surface area contributed by atoms with Gasteiger partial charge in [-0.25, -0.2) is 0 Å². The molecule has 102 valence electrons. The van der Waals surface area contributed by atoms with E-state index in [1.54, 1.807) is 0 Å². The minimum Gasteiger partial charge on any atom is -0.121 e. The number of thioether (sulfide) groups is 4. The Morgan fingerprint density at radius 1 is 0.850 bits per heavy atom. The Bertz CT molecular complexity index is 677. The largest absolute Gasteiger partial charge is 0.121 e. The summed E-state index contributed by atoms with van der Waals surface area (Å²) >= 11 is 7.47. The zero-order chi connectivity index (χ0) is 13.9. The molecule has 0 saturated heterocycles. The Labute approximate surface area is 136 Å². The molecule has 4 heteroatoms. The Kier molecular flexibility index (Phi) is 4.76. The van der Waals surface area contributed by atoms with Crippen LogP contribution >= 0.6 is 47.0 Å². The van der Waals surface area contributed by atoms with Crippen molar-refractivity contribution in [1.29, 1.82) is 0 Å². The third-order valence-electron chi connectivity index (χ3n) is 3.02. The summed E-state index contributed by atoms with van der Waals surface area (Å²) < 4.78 is 4.22. The van der Waals surface area contributed by atoms with Crippen molar-refractivity contribution >= 4 is 63.9 Å². The van der Waals surface area contributed by atoms with Crippen molar-refractivity contribution < 1.29 is 0 Å². The first-order chi connectivity index (χ1) is 9.81. The minimum absolute atomic E-state index is 1.30. The van der Waals surface area contributed by atoms with Gasteiger partial charge in [0.05, 0.1) is 12.7 Å². The van der Waals surface area contributed by atoms with Crippen molar-refractivity contribution in [2.45, 2.75) is 0 Å². The molecular formula is C16H14S4. The summed E-state index contributed by atoms with van der Waals surface area (Å²) in [6.45, 7) is 0. The van der Waals surface area contributed by atoms with Crippen LogP contribution in [0.15, 0.2) is 55.2 Å². The van der Waals surface area contributed by atoms with E-state index in [1.807, 2.05) is 47.0 Å². The molecule has 0 radical (unpaired) electrons. The predicted octanol–water partition coefficient (Wildman–Crippen LogP) is 6.47.